The predicted molar refractivity (Wildman–Crippen MR) is 90.0 cm³/mol. The molecule has 2 atom stereocenters. The van der Waals surface area contributed by atoms with Crippen molar-refractivity contribution in [1.29, 1.82) is 0 Å². The number of anilines is 1. The summed E-state index contributed by atoms with van der Waals surface area (Å²) in [5.74, 6) is -0.0146. The van der Waals surface area contributed by atoms with Crippen LogP contribution in [0, 0.1) is 5.92 Å². The van der Waals surface area contributed by atoms with Crippen LogP contribution in [0.4, 0.5) is 5.69 Å². The highest BCUT2D eigenvalue weighted by Gasteiger charge is 2.36. The normalized spacial score (nSPS) is 18.9. The van der Waals surface area contributed by atoms with Gasteiger partial charge in [-0.25, -0.2) is 0 Å². The summed E-state index contributed by atoms with van der Waals surface area (Å²) in [6.45, 7) is 2.83. The zero-order valence-electron chi connectivity index (χ0n) is 13.6. The van der Waals surface area contributed by atoms with Gasteiger partial charge < -0.3 is 20.3 Å². The van der Waals surface area contributed by atoms with Crippen molar-refractivity contribution in [2.24, 2.45) is 5.92 Å². The van der Waals surface area contributed by atoms with Gasteiger partial charge in [-0.05, 0) is 32.2 Å². The van der Waals surface area contributed by atoms with Gasteiger partial charge in [0.05, 0.1) is 18.7 Å². The van der Waals surface area contributed by atoms with Crippen LogP contribution >= 0.6 is 11.6 Å². The van der Waals surface area contributed by atoms with Gasteiger partial charge in [-0.1, -0.05) is 11.6 Å². The molecule has 0 aliphatic carbocycles. The van der Waals surface area contributed by atoms with Crippen molar-refractivity contribution in [3.8, 4) is 5.75 Å². The Morgan fingerprint density at radius 1 is 1.52 bits per heavy atom. The summed E-state index contributed by atoms with van der Waals surface area (Å²) in [5, 5.41) is 6.44. The largest absolute Gasteiger partial charge is 0.495 e. The highest BCUT2D eigenvalue weighted by molar-refractivity contribution is 6.31. The Kier molecular flexibility index (Phi) is 5.85. The number of amides is 2. The molecule has 2 amide bonds. The lowest BCUT2D eigenvalue weighted by Crippen LogP contribution is -2.40. The van der Waals surface area contributed by atoms with Gasteiger partial charge in [-0.2, -0.15) is 0 Å². The highest BCUT2D eigenvalue weighted by Crippen LogP contribution is 2.35. The maximum atomic E-state index is 12.3. The Hall–Kier alpha value is -1.79. The first kappa shape index (κ1) is 17.6. The third-order valence-electron chi connectivity index (χ3n) is 4.00. The van der Waals surface area contributed by atoms with Crippen LogP contribution in [-0.2, 0) is 9.59 Å². The highest BCUT2D eigenvalue weighted by atomic mass is 35.5. The van der Waals surface area contributed by atoms with Crippen molar-refractivity contribution in [1.82, 2.24) is 10.6 Å². The van der Waals surface area contributed by atoms with Gasteiger partial charge >= 0.3 is 0 Å². The Morgan fingerprint density at radius 2 is 2.26 bits per heavy atom. The zero-order chi connectivity index (χ0) is 17.0. The molecule has 6 nitrogen and oxygen atoms in total. The summed E-state index contributed by atoms with van der Waals surface area (Å²) < 4.78 is 5.29. The van der Waals surface area contributed by atoms with Gasteiger partial charge in [0.2, 0.25) is 11.8 Å². The number of carbonyl (C=O) groups excluding carboxylic acids is 2. The molecule has 2 rings (SSSR count). The molecule has 23 heavy (non-hydrogen) atoms. The number of methoxy groups -OCH3 is 1. The van der Waals surface area contributed by atoms with Gasteiger partial charge in [0.15, 0.2) is 0 Å². The minimum absolute atomic E-state index is 0.104. The maximum Gasteiger partial charge on any atom is 0.227 e. The molecular formula is C16H22ClN3O3. The van der Waals surface area contributed by atoms with Crippen LogP contribution < -0.4 is 20.3 Å². The summed E-state index contributed by atoms with van der Waals surface area (Å²) in [5.41, 5.74) is 0.601. The average molecular weight is 340 g/mol. The lowest BCUT2D eigenvalue weighted by atomic mass is 10.1. The lowest BCUT2D eigenvalue weighted by Gasteiger charge is -2.20. The van der Waals surface area contributed by atoms with Crippen molar-refractivity contribution < 1.29 is 14.3 Å². The van der Waals surface area contributed by atoms with E-state index < -0.39 is 0 Å². The van der Waals surface area contributed by atoms with Crippen LogP contribution in [-0.4, -0.2) is 45.1 Å². The van der Waals surface area contributed by atoms with Crippen LogP contribution in [0.1, 0.15) is 13.3 Å². The van der Waals surface area contributed by atoms with E-state index in [-0.39, 0.29) is 30.2 Å². The average Bonchev–Trinajstić information content (AvgIpc) is 2.93. The van der Waals surface area contributed by atoms with E-state index >= 15 is 0 Å². The number of nitrogens with zero attached hydrogens (tertiary/aromatic N) is 1. The first-order chi connectivity index (χ1) is 11.0. The van der Waals surface area contributed by atoms with E-state index in [9.17, 15) is 9.59 Å². The van der Waals surface area contributed by atoms with E-state index in [0.29, 0.717) is 29.5 Å². The fourth-order valence-corrected chi connectivity index (χ4v) is 2.66. The van der Waals surface area contributed by atoms with Crippen molar-refractivity contribution in [2.45, 2.75) is 19.4 Å². The molecule has 126 valence electrons. The minimum Gasteiger partial charge on any atom is -0.495 e. The van der Waals surface area contributed by atoms with E-state index in [0.717, 1.165) is 0 Å². The molecule has 0 radical (unpaired) electrons. The zero-order valence-corrected chi connectivity index (χ0v) is 14.3. The smallest absolute Gasteiger partial charge is 0.227 e. The summed E-state index contributed by atoms with van der Waals surface area (Å²) in [7, 11) is 3.37. The number of ether oxygens (including phenoxy) is 1. The number of benzene rings is 1. The topological polar surface area (TPSA) is 70.7 Å². The van der Waals surface area contributed by atoms with E-state index in [1.165, 1.54) is 7.11 Å². The molecule has 0 bridgehead atoms. The Labute approximate surface area is 141 Å². The fourth-order valence-electron chi connectivity index (χ4n) is 2.49. The summed E-state index contributed by atoms with van der Waals surface area (Å²) in [4.78, 5) is 26.1. The first-order valence-corrected chi connectivity index (χ1v) is 7.93. The molecule has 1 aromatic carbocycles. The molecule has 2 unspecified atom stereocenters. The Bertz CT molecular complexity index is 594. The number of hydrogen-bond acceptors (Lipinski definition) is 4. The minimum atomic E-state index is -0.366. The van der Waals surface area contributed by atoms with Gasteiger partial charge in [-0.3, -0.25) is 9.59 Å². The number of rotatable bonds is 6. The van der Waals surface area contributed by atoms with E-state index in [2.05, 4.69) is 10.6 Å². The second-order valence-corrected chi connectivity index (χ2v) is 6.09. The molecule has 0 spiro atoms. The quantitative estimate of drug-likeness (QED) is 0.822. The molecule has 1 heterocycles. The predicted octanol–water partition coefficient (Wildman–Crippen LogP) is 1.43. The fraction of sp³-hybridized carbons (Fsp3) is 0.500. The molecule has 0 aromatic heterocycles. The summed E-state index contributed by atoms with van der Waals surface area (Å²) >= 11 is 6.02. The molecule has 0 saturated carbocycles. The molecule has 1 fully saturated rings. The van der Waals surface area contributed by atoms with Crippen LogP contribution in [0.25, 0.3) is 0 Å². The third-order valence-corrected chi connectivity index (χ3v) is 4.24. The number of nitrogens with one attached hydrogen (secondary N) is 2. The number of halogens is 1. The van der Waals surface area contributed by atoms with Gasteiger partial charge in [0, 0.05) is 30.6 Å². The lowest BCUT2D eigenvalue weighted by molar-refractivity contribution is -0.126. The third kappa shape index (κ3) is 4.14. The van der Waals surface area contributed by atoms with Gasteiger partial charge in [0.25, 0.3) is 0 Å². The molecule has 1 saturated heterocycles. The van der Waals surface area contributed by atoms with Crippen molar-refractivity contribution in [2.75, 3.05) is 32.1 Å². The van der Waals surface area contributed by atoms with E-state index in [4.69, 9.17) is 16.3 Å². The number of carbonyl (C=O) groups is 2. The SMILES string of the molecule is CNC(C)CNC(=O)C1CC(=O)N(c2cc(Cl)ccc2OC)C1. The molecular weight excluding hydrogens is 318 g/mol. The number of hydrogen-bond donors (Lipinski definition) is 2. The first-order valence-electron chi connectivity index (χ1n) is 7.55. The molecule has 1 aliphatic rings. The molecule has 2 N–H and O–H groups in total. The summed E-state index contributed by atoms with van der Waals surface area (Å²) in [6, 6.07) is 5.28. The Balaban J connectivity index is 2.08. The second-order valence-electron chi connectivity index (χ2n) is 5.66. The molecule has 1 aromatic rings. The van der Waals surface area contributed by atoms with Crippen molar-refractivity contribution >= 4 is 29.1 Å². The maximum absolute atomic E-state index is 12.3. The monoisotopic (exact) mass is 339 g/mol. The van der Waals surface area contributed by atoms with Crippen LogP contribution in [0.5, 0.6) is 5.75 Å². The van der Waals surface area contributed by atoms with Crippen molar-refractivity contribution in [3.63, 3.8) is 0 Å². The van der Waals surface area contributed by atoms with Crippen LogP contribution in [0.2, 0.25) is 5.02 Å². The standard InChI is InChI=1S/C16H22ClN3O3/c1-10(18-2)8-19-16(22)11-6-15(21)20(9-11)13-7-12(17)4-5-14(13)23-3/h4-5,7,10-11,18H,6,8-9H2,1-3H3,(H,19,22). The van der Waals surface area contributed by atoms with Crippen LogP contribution in [0.15, 0.2) is 18.2 Å². The molecule has 7 heteroatoms. The van der Waals surface area contributed by atoms with Gasteiger partial charge in [0.1, 0.15) is 5.75 Å². The Morgan fingerprint density at radius 3 is 2.91 bits per heavy atom. The summed E-state index contributed by atoms with van der Waals surface area (Å²) in [6.07, 6.45) is 0.190. The van der Waals surface area contributed by atoms with E-state index in [1.807, 2.05) is 14.0 Å². The molecule has 1 aliphatic heterocycles. The van der Waals surface area contributed by atoms with Gasteiger partial charge in [-0.15, -0.1) is 0 Å². The van der Waals surface area contributed by atoms with Crippen LogP contribution in [0.3, 0.4) is 0 Å². The van der Waals surface area contributed by atoms with E-state index in [1.54, 1.807) is 23.1 Å². The van der Waals surface area contributed by atoms with Crippen molar-refractivity contribution in [3.05, 3.63) is 23.2 Å². The second kappa shape index (κ2) is 7.66. The number of likely N-dealkylation sites (N-methyl/N-ethyl adjacent to an activating group) is 1.